The summed E-state index contributed by atoms with van der Waals surface area (Å²) in [4.78, 5) is 12.1. The highest BCUT2D eigenvalue weighted by molar-refractivity contribution is 5.99. The second-order valence-corrected chi connectivity index (χ2v) is 12.5. The number of carbonyl (C=O) groups excluding carboxylic acids is 1. The van der Waals surface area contributed by atoms with Gasteiger partial charge in [0.1, 0.15) is 18.1 Å². The number of nitrogens with two attached hydrogens (primary N) is 1. The zero-order valence-corrected chi connectivity index (χ0v) is 29.8. The van der Waals surface area contributed by atoms with E-state index in [4.69, 9.17) is 20.1 Å². The van der Waals surface area contributed by atoms with Gasteiger partial charge in [0.15, 0.2) is 6.10 Å². The van der Waals surface area contributed by atoms with E-state index in [1.54, 1.807) is 13.0 Å². The SMILES string of the molecule is C/C(=N\N)c1ccc(C)cc1C.C=C(C)C(=O)OC(COCC(CC)CCCC)COc1ccc(Cc2ccc(C)cc2C)c(O)c1. The van der Waals surface area contributed by atoms with Crippen LogP contribution in [0.25, 0.3) is 0 Å². The molecule has 256 valence electrons. The van der Waals surface area contributed by atoms with Crippen molar-refractivity contribution in [3.8, 4) is 11.5 Å². The number of unbranched alkanes of at least 4 members (excludes halogenated alkanes) is 1. The molecule has 3 aromatic rings. The van der Waals surface area contributed by atoms with Gasteiger partial charge >= 0.3 is 5.97 Å². The first-order valence-corrected chi connectivity index (χ1v) is 16.6. The molecule has 7 heteroatoms. The molecule has 3 aromatic carbocycles. The van der Waals surface area contributed by atoms with Gasteiger partial charge in [0.05, 0.1) is 12.3 Å². The Bertz CT molecular complexity index is 1480. The minimum atomic E-state index is -0.570. The maximum absolute atomic E-state index is 12.1. The second kappa shape index (κ2) is 20.2. The maximum atomic E-state index is 12.1. The average molecular weight is 645 g/mol. The predicted octanol–water partition coefficient (Wildman–Crippen LogP) is 8.69. The van der Waals surface area contributed by atoms with E-state index in [2.05, 4.69) is 89.6 Å². The summed E-state index contributed by atoms with van der Waals surface area (Å²) in [7, 11) is 0. The molecule has 0 bridgehead atoms. The highest BCUT2D eigenvalue weighted by Crippen LogP contribution is 2.27. The molecule has 0 aliphatic carbocycles. The maximum Gasteiger partial charge on any atom is 0.333 e. The molecular weight excluding hydrogens is 588 g/mol. The number of phenols is 1. The first kappa shape index (κ1) is 39.1. The van der Waals surface area contributed by atoms with Crippen molar-refractivity contribution < 1.29 is 24.1 Å². The van der Waals surface area contributed by atoms with Crippen molar-refractivity contribution in [3.05, 3.63) is 106 Å². The van der Waals surface area contributed by atoms with Crippen molar-refractivity contribution >= 4 is 11.7 Å². The summed E-state index contributed by atoms with van der Waals surface area (Å²) in [6.07, 6.45) is 4.61. The standard InChI is InChI=1S/C30H42O5.C10H14N2/c1-7-9-10-24(8-2)18-33-19-28(35-30(32)21(3)4)20-34-27-14-13-26(29(31)17-27)16-25-12-11-22(5)15-23(25)6;1-7-4-5-10(8(2)6-7)9(3)12-11/h11-15,17,24,28,31H,3,7-10,16,18-20H2,1-2,4-6H3;4-6H,11H2,1-3H3/b;12-9+. The molecule has 0 heterocycles. The number of benzene rings is 3. The molecule has 3 rings (SSSR count). The van der Waals surface area contributed by atoms with Crippen LogP contribution < -0.4 is 10.6 Å². The van der Waals surface area contributed by atoms with Crippen LogP contribution in [0.1, 0.15) is 92.3 Å². The third kappa shape index (κ3) is 13.7. The van der Waals surface area contributed by atoms with E-state index in [0.717, 1.165) is 29.7 Å². The molecule has 0 aliphatic rings. The third-order valence-corrected chi connectivity index (χ3v) is 8.16. The minimum absolute atomic E-state index is 0.126. The molecule has 0 aliphatic heterocycles. The first-order chi connectivity index (χ1) is 22.4. The number of nitrogens with zero attached hydrogens (tertiary/aromatic N) is 1. The molecule has 2 unspecified atom stereocenters. The number of hydrogen-bond donors (Lipinski definition) is 2. The topological polar surface area (TPSA) is 103 Å². The van der Waals surface area contributed by atoms with Crippen molar-refractivity contribution in [1.29, 1.82) is 0 Å². The molecular formula is C40H56N2O5. The Hall–Kier alpha value is -4.10. The van der Waals surface area contributed by atoms with Gasteiger partial charge in [-0.15, -0.1) is 0 Å². The van der Waals surface area contributed by atoms with E-state index < -0.39 is 12.1 Å². The predicted molar refractivity (Wildman–Crippen MR) is 193 cm³/mol. The van der Waals surface area contributed by atoms with Crippen LogP contribution in [0.15, 0.2) is 71.9 Å². The molecule has 2 atom stereocenters. The van der Waals surface area contributed by atoms with Crippen LogP contribution in [-0.4, -0.2) is 42.7 Å². The highest BCUT2D eigenvalue weighted by atomic mass is 16.6. The van der Waals surface area contributed by atoms with E-state index in [-0.39, 0.29) is 19.0 Å². The number of aryl methyl sites for hydroxylation is 4. The van der Waals surface area contributed by atoms with Gasteiger partial charge in [-0.25, -0.2) is 4.79 Å². The molecule has 0 amide bonds. The molecule has 0 fully saturated rings. The molecule has 47 heavy (non-hydrogen) atoms. The average Bonchev–Trinajstić information content (AvgIpc) is 3.03. The Labute approximate surface area is 282 Å². The smallest absolute Gasteiger partial charge is 0.333 e. The third-order valence-electron chi connectivity index (χ3n) is 8.16. The van der Waals surface area contributed by atoms with Gasteiger partial charge in [0, 0.05) is 30.2 Å². The molecule has 0 radical (unpaired) electrons. The summed E-state index contributed by atoms with van der Waals surface area (Å²) in [5.74, 6) is 5.92. The van der Waals surface area contributed by atoms with E-state index in [1.807, 2.05) is 19.1 Å². The fraction of sp³-hybridized carbons (Fsp3) is 0.450. The lowest BCUT2D eigenvalue weighted by Crippen LogP contribution is -2.31. The van der Waals surface area contributed by atoms with Gasteiger partial charge < -0.3 is 25.2 Å². The van der Waals surface area contributed by atoms with Gasteiger partial charge in [-0.2, -0.15) is 5.10 Å². The number of hydrogen-bond acceptors (Lipinski definition) is 7. The van der Waals surface area contributed by atoms with E-state index >= 15 is 0 Å². The van der Waals surface area contributed by atoms with Crippen LogP contribution >= 0.6 is 0 Å². The van der Waals surface area contributed by atoms with E-state index in [1.165, 1.54) is 40.7 Å². The zero-order valence-electron chi connectivity index (χ0n) is 29.8. The molecule has 0 spiro atoms. The Morgan fingerprint density at radius 3 is 2.13 bits per heavy atom. The van der Waals surface area contributed by atoms with Crippen LogP contribution in [0.4, 0.5) is 0 Å². The van der Waals surface area contributed by atoms with Crippen LogP contribution in [0.3, 0.4) is 0 Å². The number of ether oxygens (including phenoxy) is 3. The summed E-state index contributed by atoms with van der Waals surface area (Å²) >= 11 is 0. The fourth-order valence-electron chi connectivity index (χ4n) is 5.14. The number of carbonyl (C=O) groups is 1. The van der Waals surface area contributed by atoms with Gasteiger partial charge in [0.25, 0.3) is 0 Å². The summed E-state index contributed by atoms with van der Waals surface area (Å²) in [5, 5.41) is 14.2. The normalized spacial score (nSPS) is 12.5. The second-order valence-electron chi connectivity index (χ2n) is 12.5. The number of rotatable bonds is 16. The lowest BCUT2D eigenvalue weighted by Gasteiger charge is -2.21. The highest BCUT2D eigenvalue weighted by Gasteiger charge is 2.18. The number of aromatic hydroxyl groups is 1. The van der Waals surface area contributed by atoms with Gasteiger partial charge in [0.2, 0.25) is 0 Å². The quantitative estimate of drug-likeness (QED) is 0.0532. The zero-order chi connectivity index (χ0) is 34.9. The summed E-state index contributed by atoms with van der Waals surface area (Å²) < 4.78 is 17.3. The first-order valence-electron chi connectivity index (χ1n) is 16.6. The molecule has 3 N–H and O–H groups in total. The van der Waals surface area contributed by atoms with Crippen molar-refractivity contribution in [2.24, 2.45) is 16.9 Å². The van der Waals surface area contributed by atoms with Crippen molar-refractivity contribution in [1.82, 2.24) is 0 Å². The van der Waals surface area contributed by atoms with E-state index in [0.29, 0.717) is 30.3 Å². The Morgan fingerprint density at radius 1 is 0.894 bits per heavy atom. The molecule has 7 nitrogen and oxygen atoms in total. The molecule has 0 saturated heterocycles. The number of hydrazone groups is 1. The van der Waals surface area contributed by atoms with Gasteiger partial charge in [-0.1, -0.05) is 93.3 Å². The molecule has 0 aromatic heterocycles. The lowest BCUT2D eigenvalue weighted by atomic mass is 9.98. The van der Waals surface area contributed by atoms with Crippen LogP contribution in [0, 0.1) is 33.6 Å². The number of esters is 1. The summed E-state index contributed by atoms with van der Waals surface area (Å²) in [6.45, 7) is 20.8. The van der Waals surface area contributed by atoms with Crippen LogP contribution in [0.2, 0.25) is 0 Å². The fourth-order valence-corrected chi connectivity index (χ4v) is 5.14. The summed E-state index contributed by atoms with van der Waals surface area (Å²) in [6, 6.07) is 17.9. The van der Waals surface area contributed by atoms with Gasteiger partial charge in [-0.05, 0) is 82.2 Å². The van der Waals surface area contributed by atoms with Crippen LogP contribution in [-0.2, 0) is 20.7 Å². The van der Waals surface area contributed by atoms with Crippen molar-refractivity contribution in [2.45, 2.75) is 93.6 Å². The van der Waals surface area contributed by atoms with E-state index in [9.17, 15) is 9.90 Å². The molecule has 0 saturated carbocycles. The van der Waals surface area contributed by atoms with Gasteiger partial charge in [-0.3, -0.25) is 0 Å². The van der Waals surface area contributed by atoms with Crippen LogP contribution in [0.5, 0.6) is 11.5 Å². The van der Waals surface area contributed by atoms with Crippen molar-refractivity contribution in [2.75, 3.05) is 19.8 Å². The monoisotopic (exact) mass is 644 g/mol. The largest absolute Gasteiger partial charge is 0.508 e. The Morgan fingerprint density at radius 2 is 1.55 bits per heavy atom. The Balaban J connectivity index is 0.000000535. The van der Waals surface area contributed by atoms with Crippen molar-refractivity contribution in [3.63, 3.8) is 0 Å². The summed E-state index contributed by atoms with van der Waals surface area (Å²) in [5.41, 5.74) is 9.25. The minimum Gasteiger partial charge on any atom is -0.508 e. The number of phenolic OH excluding ortho intramolecular Hbond substituents is 1. The Kier molecular flexibility index (Phi) is 16.8. The lowest BCUT2D eigenvalue weighted by molar-refractivity contribution is -0.149.